The van der Waals surface area contributed by atoms with E-state index in [0.717, 1.165) is 29.4 Å². The number of hydrogen-bond acceptors (Lipinski definition) is 5. The van der Waals surface area contributed by atoms with E-state index in [-0.39, 0.29) is 16.7 Å². The van der Waals surface area contributed by atoms with E-state index in [0.29, 0.717) is 32.8 Å². The van der Waals surface area contributed by atoms with Crippen LogP contribution in [0.25, 0.3) is 0 Å². The van der Waals surface area contributed by atoms with Crippen molar-refractivity contribution in [3.8, 4) is 23.0 Å². The maximum absolute atomic E-state index is 10.1. The molecule has 0 aliphatic carbocycles. The van der Waals surface area contributed by atoms with Crippen LogP contribution < -0.4 is 18.9 Å². The second-order valence-corrected chi connectivity index (χ2v) is 11.4. The largest absolute Gasteiger partial charge is 0.490 e. The molecular formula is C31H48O5. The molecule has 0 saturated heterocycles. The molecule has 2 aromatic carbocycles. The van der Waals surface area contributed by atoms with Crippen molar-refractivity contribution in [3.63, 3.8) is 0 Å². The Morgan fingerprint density at radius 1 is 0.722 bits per heavy atom. The van der Waals surface area contributed by atoms with Gasteiger partial charge in [0.15, 0.2) is 23.0 Å². The van der Waals surface area contributed by atoms with Crippen LogP contribution >= 0.6 is 0 Å². The van der Waals surface area contributed by atoms with Gasteiger partial charge in [0, 0.05) is 12.3 Å². The second-order valence-electron chi connectivity index (χ2n) is 11.4. The lowest BCUT2D eigenvalue weighted by Crippen LogP contribution is -2.24. The fraction of sp³-hybridized carbons (Fsp3) is 0.613. The minimum absolute atomic E-state index is 0.00303. The highest BCUT2D eigenvalue weighted by molar-refractivity contribution is 5.46. The Hall–Kier alpha value is -2.40. The van der Waals surface area contributed by atoms with Crippen molar-refractivity contribution in [2.75, 3.05) is 26.4 Å². The monoisotopic (exact) mass is 500 g/mol. The molecule has 0 fully saturated rings. The standard InChI is InChI=1S/C29H42O5.C2H6/c1-20(30)15-21-18-33-25-12-10-22(28(2,3)4)16-26(25)32-14-8-13-31-24-11-9-23(29(5,6)7)17-27(24)34-19-21;1-2/h9-12,16-17,20-21,30H,8,13-15,18-19H2,1-7H3;1-2H3. The van der Waals surface area contributed by atoms with Gasteiger partial charge in [-0.2, -0.15) is 0 Å². The first-order valence-corrected chi connectivity index (χ1v) is 13.4. The van der Waals surface area contributed by atoms with Crippen LogP contribution in [0.4, 0.5) is 0 Å². The van der Waals surface area contributed by atoms with Crippen LogP contribution in [0.5, 0.6) is 23.0 Å². The van der Waals surface area contributed by atoms with E-state index in [1.807, 2.05) is 26.0 Å². The fourth-order valence-corrected chi connectivity index (χ4v) is 3.92. The molecule has 0 radical (unpaired) electrons. The lowest BCUT2D eigenvalue weighted by atomic mass is 9.87. The summed E-state index contributed by atoms with van der Waals surface area (Å²) >= 11 is 0. The highest BCUT2D eigenvalue weighted by Crippen LogP contribution is 2.36. The van der Waals surface area contributed by atoms with Crippen LogP contribution in [0.2, 0.25) is 0 Å². The zero-order valence-corrected chi connectivity index (χ0v) is 23.9. The van der Waals surface area contributed by atoms with Crippen LogP contribution in [0.15, 0.2) is 36.4 Å². The van der Waals surface area contributed by atoms with Gasteiger partial charge >= 0.3 is 0 Å². The average molecular weight is 501 g/mol. The number of rotatable bonds is 2. The SMILES string of the molecule is CC.CC(O)CC1COc2ccc(C(C)(C)C)cc2OCCCOc2ccc(C(C)(C)C)cc2OC1. The molecule has 1 N–H and O–H groups in total. The molecule has 0 saturated carbocycles. The molecule has 5 heteroatoms. The molecule has 0 spiro atoms. The van der Waals surface area contributed by atoms with Gasteiger partial charge in [-0.3, -0.25) is 0 Å². The summed E-state index contributed by atoms with van der Waals surface area (Å²) < 4.78 is 24.8. The third-order valence-corrected chi connectivity index (χ3v) is 6.05. The molecule has 1 aliphatic rings. The van der Waals surface area contributed by atoms with Crippen LogP contribution in [-0.2, 0) is 10.8 Å². The first-order chi connectivity index (χ1) is 16.9. The van der Waals surface area contributed by atoms with Crippen molar-refractivity contribution in [3.05, 3.63) is 47.5 Å². The van der Waals surface area contributed by atoms with Crippen LogP contribution in [0.1, 0.15) is 86.3 Å². The number of aliphatic hydroxyl groups is 1. The summed E-state index contributed by atoms with van der Waals surface area (Å²) in [5.74, 6) is 2.94. The van der Waals surface area contributed by atoms with E-state index in [1.54, 1.807) is 6.92 Å². The Bertz CT molecular complexity index is 937. The molecule has 2 unspecified atom stereocenters. The number of benzene rings is 2. The highest BCUT2D eigenvalue weighted by atomic mass is 16.5. The van der Waals surface area contributed by atoms with Gasteiger partial charge in [-0.15, -0.1) is 0 Å². The summed E-state index contributed by atoms with van der Waals surface area (Å²) in [4.78, 5) is 0. The summed E-state index contributed by atoms with van der Waals surface area (Å²) in [6, 6.07) is 12.3. The van der Waals surface area contributed by atoms with Crippen molar-refractivity contribution >= 4 is 0 Å². The average Bonchev–Trinajstić information content (AvgIpc) is 2.80. The smallest absolute Gasteiger partial charge is 0.161 e. The van der Waals surface area contributed by atoms with Gasteiger partial charge in [0.05, 0.1) is 32.5 Å². The predicted molar refractivity (Wildman–Crippen MR) is 148 cm³/mol. The lowest BCUT2D eigenvalue weighted by Gasteiger charge is -2.25. The van der Waals surface area contributed by atoms with E-state index >= 15 is 0 Å². The number of fused-ring (bicyclic) bond motifs is 2. The van der Waals surface area contributed by atoms with Crippen molar-refractivity contribution in [2.24, 2.45) is 5.92 Å². The normalized spacial score (nSPS) is 17.8. The summed E-state index contributed by atoms with van der Waals surface area (Å²) in [7, 11) is 0. The minimum atomic E-state index is -0.452. The molecule has 5 nitrogen and oxygen atoms in total. The van der Waals surface area contributed by atoms with E-state index in [1.165, 1.54) is 11.1 Å². The van der Waals surface area contributed by atoms with E-state index in [9.17, 15) is 5.11 Å². The Balaban J connectivity index is 0.00000222. The van der Waals surface area contributed by atoms with Gasteiger partial charge < -0.3 is 24.1 Å². The maximum atomic E-state index is 10.1. The van der Waals surface area contributed by atoms with Gasteiger partial charge in [-0.25, -0.2) is 0 Å². The highest BCUT2D eigenvalue weighted by Gasteiger charge is 2.21. The number of ether oxygens (including phenoxy) is 4. The molecule has 36 heavy (non-hydrogen) atoms. The van der Waals surface area contributed by atoms with Gasteiger partial charge in [-0.1, -0.05) is 67.5 Å². The molecule has 0 bridgehead atoms. The van der Waals surface area contributed by atoms with E-state index in [4.69, 9.17) is 18.9 Å². The molecule has 2 aromatic rings. The molecular weight excluding hydrogens is 452 g/mol. The molecule has 202 valence electrons. The first kappa shape index (κ1) is 29.8. The summed E-state index contributed by atoms with van der Waals surface area (Å²) in [6.45, 7) is 20.8. The van der Waals surface area contributed by atoms with Crippen LogP contribution in [0, 0.1) is 5.92 Å². The maximum Gasteiger partial charge on any atom is 0.161 e. The summed E-state index contributed by atoms with van der Waals surface area (Å²) in [6.07, 6.45) is 0.863. The van der Waals surface area contributed by atoms with Gasteiger partial charge in [0.1, 0.15) is 0 Å². The zero-order chi connectivity index (χ0) is 26.9. The Labute approximate surface area is 219 Å². The van der Waals surface area contributed by atoms with Crippen molar-refractivity contribution < 1.29 is 24.1 Å². The number of aliphatic hydroxyl groups excluding tert-OH is 1. The third-order valence-electron chi connectivity index (χ3n) is 6.05. The fourth-order valence-electron chi connectivity index (χ4n) is 3.92. The number of hydrogen-bond donors (Lipinski definition) is 1. The molecule has 3 rings (SSSR count). The molecule has 0 aromatic heterocycles. The molecule has 1 aliphatic heterocycles. The predicted octanol–water partition coefficient (Wildman–Crippen LogP) is 7.31. The Kier molecular flexibility index (Phi) is 11.0. The second kappa shape index (κ2) is 13.2. The Morgan fingerprint density at radius 2 is 1.14 bits per heavy atom. The Morgan fingerprint density at radius 3 is 1.61 bits per heavy atom. The van der Waals surface area contributed by atoms with Crippen LogP contribution in [0.3, 0.4) is 0 Å². The molecule has 0 amide bonds. The topological polar surface area (TPSA) is 57.2 Å². The van der Waals surface area contributed by atoms with Crippen molar-refractivity contribution in [1.82, 2.24) is 0 Å². The van der Waals surface area contributed by atoms with Crippen molar-refractivity contribution in [2.45, 2.75) is 92.1 Å². The van der Waals surface area contributed by atoms with Gasteiger partial charge in [0.2, 0.25) is 0 Å². The van der Waals surface area contributed by atoms with Crippen LogP contribution in [-0.4, -0.2) is 37.6 Å². The quantitative estimate of drug-likeness (QED) is 0.468. The van der Waals surface area contributed by atoms with E-state index < -0.39 is 6.10 Å². The zero-order valence-electron chi connectivity index (χ0n) is 23.9. The van der Waals surface area contributed by atoms with Gasteiger partial charge in [-0.05, 0) is 59.6 Å². The third kappa shape index (κ3) is 8.92. The lowest BCUT2D eigenvalue weighted by molar-refractivity contribution is 0.102. The minimum Gasteiger partial charge on any atom is -0.490 e. The first-order valence-electron chi connectivity index (χ1n) is 13.4. The van der Waals surface area contributed by atoms with Crippen molar-refractivity contribution in [1.29, 1.82) is 0 Å². The van der Waals surface area contributed by atoms with Gasteiger partial charge in [0.25, 0.3) is 0 Å². The van der Waals surface area contributed by atoms with E-state index in [2.05, 4.69) is 65.8 Å². The summed E-state index contributed by atoms with van der Waals surface area (Å²) in [5.41, 5.74) is 2.40. The molecule has 1 heterocycles. The molecule has 2 atom stereocenters. The summed E-state index contributed by atoms with van der Waals surface area (Å²) in [5, 5.41) is 10.1.